The molecule has 0 radical (unpaired) electrons. The van der Waals surface area contributed by atoms with Crippen LogP contribution in [0.3, 0.4) is 0 Å². The molecule has 0 unspecified atom stereocenters. The zero-order valence-corrected chi connectivity index (χ0v) is 25.7. The first kappa shape index (κ1) is 31.1. The number of amides is 2. The van der Waals surface area contributed by atoms with E-state index in [1.165, 1.54) is 35.6 Å². The zero-order chi connectivity index (χ0) is 32.6. The monoisotopic (exact) mass is 632 g/mol. The molecule has 1 saturated heterocycles. The van der Waals surface area contributed by atoms with Gasteiger partial charge in [0.2, 0.25) is 5.91 Å². The molecule has 2 amide bonds. The summed E-state index contributed by atoms with van der Waals surface area (Å²) in [5.74, 6) is 3.24. The molecule has 1 aromatic carbocycles. The number of nitrogens with one attached hydrogen (secondary N) is 1. The summed E-state index contributed by atoms with van der Waals surface area (Å²) < 4.78 is 44.0. The summed E-state index contributed by atoms with van der Waals surface area (Å²) >= 11 is 0. The number of anilines is 2. The smallest absolute Gasteiger partial charge is 0.339 e. The van der Waals surface area contributed by atoms with E-state index < -0.39 is 11.9 Å². The number of nitrogens with zero attached hydrogens (tertiary/aromatic N) is 7. The summed E-state index contributed by atoms with van der Waals surface area (Å²) in [7, 11) is 0. The topological polar surface area (TPSA) is 101 Å². The van der Waals surface area contributed by atoms with E-state index in [2.05, 4.69) is 33.2 Å². The average molecular weight is 633 g/mol. The second kappa shape index (κ2) is 12.5. The lowest BCUT2D eigenvalue weighted by molar-refractivity contribution is -0.141. The third kappa shape index (κ3) is 6.03. The van der Waals surface area contributed by atoms with Crippen LogP contribution < -0.4 is 5.32 Å². The van der Waals surface area contributed by atoms with Gasteiger partial charge in [0, 0.05) is 61.9 Å². The molecule has 240 valence electrons. The average Bonchev–Trinajstić information content (AvgIpc) is 3.66. The van der Waals surface area contributed by atoms with Gasteiger partial charge in [0.1, 0.15) is 6.54 Å². The molecule has 10 nitrogen and oxygen atoms in total. The largest absolute Gasteiger partial charge is 0.435 e. The molecule has 0 bridgehead atoms. The Morgan fingerprint density at radius 2 is 1.83 bits per heavy atom. The normalized spacial score (nSPS) is 18.9. The summed E-state index contributed by atoms with van der Waals surface area (Å²) in [5.41, 5.74) is 1.22. The van der Waals surface area contributed by atoms with E-state index in [1.54, 1.807) is 17.0 Å². The maximum Gasteiger partial charge on any atom is 0.435 e. The number of imidazole rings is 1. The molecule has 2 aliphatic rings. The highest BCUT2D eigenvalue weighted by Crippen LogP contribution is 2.37. The van der Waals surface area contributed by atoms with Gasteiger partial charge in [0.05, 0.1) is 17.5 Å². The molecule has 1 saturated carbocycles. The lowest BCUT2D eigenvalue weighted by atomic mass is 9.79. The van der Waals surface area contributed by atoms with Crippen LogP contribution in [0.1, 0.15) is 54.2 Å². The van der Waals surface area contributed by atoms with Crippen molar-refractivity contribution in [1.29, 1.82) is 0 Å². The van der Waals surface area contributed by atoms with Gasteiger partial charge < -0.3 is 15.1 Å². The molecule has 2 atom stereocenters. The van der Waals surface area contributed by atoms with Crippen molar-refractivity contribution in [2.45, 2.75) is 52.3 Å². The Morgan fingerprint density at radius 3 is 2.52 bits per heavy atom. The van der Waals surface area contributed by atoms with Gasteiger partial charge in [0.25, 0.3) is 5.91 Å². The van der Waals surface area contributed by atoms with Crippen molar-refractivity contribution in [3.8, 4) is 23.6 Å². The van der Waals surface area contributed by atoms with Crippen LogP contribution in [0.25, 0.3) is 16.9 Å². The van der Waals surface area contributed by atoms with E-state index in [4.69, 9.17) is 6.42 Å². The Hall–Kier alpha value is -4.86. The highest BCUT2D eigenvalue weighted by molar-refractivity contribution is 5.96. The Bertz CT molecular complexity index is 1810. The molecule has 0 spiro atoms. The molecular weight excluding hydrogens is 597 g/mol. The summed E-state index contributed by atoms with van der Waals surface area (Å²) in [5, 5.41) is 6.84. The second-order valence-electron chi connectivity index (χ2n) is 12.0. The van der Waals surface area contributed by atoms with E-state index in [-0.39, 0.29) is 35.5 Å². The maximum atomic E-state index is 13.8. The lowest BCUT2D eigenvalue weighted by Gasteiger charge is -2.38. The minimum atomic E-state index is -4.69. The SMILES string of the molecule is C#CCn1cc(-c2cnc3c(Nc4ccc(C(=O)N5CCN(C(=O)[C@@H]6CCCC[C@H]6C)CC5)c(C)c4)nccn23)c(C(F)(F)F)n1. The highest BCUT2D eigenvalue weighted by atomic mass is 19.4. The number of aromatic nitrogens is 5. The van der Waals surface area contributed by atoms with Crippen molar-refractivity contribution >= 4 is 29.0 Å². The van der Waals surface area contributed by atoms with E-state index >= 15 is 0 Å². The van der Waals surface area contributed by atoms with Crippen LogP contribution in [0.15, 0.2) is 43.0 Å². The molecule has 4 aromatic rings. The summed E-state index contributed by atoms with van der Waals surface area (Å²) in [6, 6.07) is 5.32. The molecule has 1 aliphatic carbocycles. The predicted molar refractivity (Wildman–Crippen MR) is 166 cm³/mol. The summed E-state index contributed by atoms with van der Waals surface area (Å²) in [4.78, 5) is 39.0. The number of carbonyl (C=O) groups excluding carboxylic acids is 2. The number of terminal acetylenes is 1. The van der Waals surface area contributed by atoms with Crippen molar-refractivity contribution in [1.82, 2.24) is 33.9 Å². The number of halogens is 3. The molecule has 4 heterocycles. The second-order valence-corrected chi connectivity index (χ2v) is 12.0. The minimum Gasteiger partial charge on any atom is -0.339 e. The first-order valence-electron chi connectivity index (χ1n) is 15.4. The summed E-state index contributed by atoms with van der Waals surface area (Å²) in [6.07, 6.45) is 10.5. The number of rotatable bonds is 6. The van der Waals surface area contributed by atoms with Gasteiger partial charge in [-0.1, -0.05) is 25.7 Å². The first-order chi connectivity index (χ1) is 22.0. The van der Waals surface area contributed by atoms with E-state index in [0.29, 0.717) is 54.8 Å². The Morgan fingerprint density at radius 1 is 1.09 bits per heavy atom. The number of alkyl halides is 3. The maximum absolute atomic E-state index is 13.8. The number of piperazine rings is 1. The van der Waals surface area contributed by atoms with Crippen molar-refractivity contribution in [2.75, 3.05) is 31.5 Å². The molecule has 2 fully saturated rings. The van der Waals surface area contributed by atoms with Crippen molar-refractivity contribution in [3.05, 3.63) is 59.8 Å². The minimum absolute atomic E-state index is 0.0856. The Balaban J connectivity index is 1.16. The van der Waals surface area contributed by atoms with Crippen LogP contribution in [-0.2, 0) is 17.5 Å². The zero-order valence-electron chi connectivity index (χ0n) is 25.7. The van der Waals surface area contributed by atoms with Gasteiger partial charge in [-0.05, 0) is 49.4 Å². The fourth-order valence-electron chi connectivity index (χ4n) is 6.54. The number of hydrogen-bond acceptors (Lipinski definition) is 6. The molecule has 46 heavy (non-hydrogen) atoms. The van der Waals surface area contributed by atoms with Gasteiger partial charge in [0.15, 0.2) is 17.2 Å². The van der Waals surface area contributed by atoms with Crippen LogP contribution in [0, 0.1) is 31.1 Å². The van der Waals surface area contributed by atoms with Gasteiger partial charge in [-0.15, -0.1) is 6.42 Å². The standard InChI is InChI=1S/C33H35F3N8O2/c1-4-12-43-20-26(28(40-43)33(34,35)36)27-19-38-30-29(37-11-13-44(27)30)39-23-9-10-25(22(3)18-23)32(46)42-16-14-41(15-17-42)31(45)24-8-6-5-7-21(24)2/h1,9-11,13,18-21,24H,5-8,12,14-17H2,2-3H3,(H,37,39)/t21-,24-/m1/s1. The molecular formula is C33H35F3N8O2. The number of aryl methyl sites for hydroxylation is 1. The van der Waals surface area contributed by atoms with Crippen molar-refractivity contribution < 1.29 is 22.8 Å². The van der Waals surface area contributed by atoms with Crippen molar-refractivity contribution in [3.63, 3.8) is 0 Å². The highest BCUT2D eigenvalue weighted by Gasteiger charge is 2.38. The Labute approximate surface area is 264 Å². The number of hydrogen-bond donors (Lipinski definition) is 1. The third-order valence-electron chi connectivity index (χ3n) is 9.01. The molecule has 13 heteroatoms. The van der Waals surface area contributed by atoms with E-state index in [0.717, 1.165) is 29.5 Å². The van der Waals surface area contributed by atoms with Crippen molar-refractivity contribution in [2.24, 2.45) is 11.8 Å². The quantitative estimate of drug-likeness (QED) is 0.286. The van der Waals surface area contributed by atoms with Crippen LogP contribution in [0.5, 0.6) is 0 Å². The third-order valence-corrected chi connectivity index (χ3v) is 9.01. The van der Waals surface area contributed by atoms with Crippen LogP contribution in [0.2, 0.25) is 0 Å². The fraction of sp³-hybridized carbons (Fsp3) is 0.424. The van der Waals surface area contributed by atoms with Gasteiger partial charge in [-0.3, -0.25) is 18.7 Å². The molecule has 1 N–H and O–H groups in total. The number of benzene rings is 1. The van der Waals surface area contributed by atoms with Crippen LogP contribution in [0.4, 0.5) is 24.7 Å². The van der Waals surface area contributed by atoms with E-state index in [1.807, 2.05) is 17.9 Å². The van der Waals surface area contributed by atoms with Gasteiger partial charge in [-0.2, -0.15) is 18.3 Å². The predicted octanol–water partition coefficient (Wildman–Crippen LogP) is 5.41. The first-order valence-corrected chi connectivity index (χ1v) is 15.4. The van der Waals surface area contributed by atoms with Gasteiger partial charge in [-0.25, -0.2) is 9.97 Å². The number of carbonyl (C=O) groups is 2. The molecule has 1 aliphatic heterocycles. The fourth-order valence-corrected chi connectivity index (χ4v) is 6.54. The van der Waals surface area contributed by atoms with E-state index in [9.17, 15) is 22.8 Å². The van der Waals surface area contributed by atoms with Gasteiger partial charge >= 0.3 is 6.18 Å². The molecule has 6 rings (SSSR count). The summed E-state index contributed by atoms with van der Waals surface area (Å²) in [6.45, 7) is 5.93. The lowest BCUT2D eigenvalue weighted by Crippen LogP contribution is -2.52. The molecule has 3 aromatic heterocycles. The van der Waals surface area contributed by atoms with Crippen LogP contribution >= 0.6 is 0 Å². The number of fused-ring (bicyclic) bond motifs is 1. The van der Waals surface area contributed by atoms with Crippen LogP contribution in [-0.4, -0.2) is 71.9 Å². The Kier molecular flexibility index (Phi) is 8.46.